The van der Waals surface area contributed by atoms with Crippen LogP contribution in [-0.4, -0.2) is 42.8 Å². The Balaban J connectivity index is 2.40. The van der Waals surface area contributed by atoms with E-state index in [-0.39, 0.29) is 12.1 Å². The first-order valence-corrected chi connectivity index (χ1v) is 8.62. The molecule has 3 N–H and O–H groups in total. The number of amides is 1. The molecule has 1 aromatic rings. The van der Waals surface area contributed by atoms with Gasteiger partial charge in [0.1, 0.15) is 5.60 Å². The van der Waals surface area contributed by atoms with Crippen molar-refractivity contribution in [3.05, 3.63) is 34.3 Å². The number of ether oxygens (including phenoxy) is 1. The summed E-state index contributed by atoms with van der Waals surface area (Å²) in [6.45, 7) is 7.45. The smallest absolute Gasteiger partial charge is 0.407 e. The fourth-order valence-electron chi connectivity index (χ4n) is 2.18. The maximum Gasteiger partial charge on any atom is 0.407 e. The average molecular weight is 386 g/mol. The molecule has 1 amide bonds. The molecule has 130 valence electrons. The molecule has 1 aromatic carbocycles. The van der Waals surface area contributed by atoms with Gasteiger partial charge >= 0.3 is 6.09 Å². The van der Waals surface area contributed by atoms with Crippen LogP contribution in [0.25, 0.3) is 0 Å². The number of nitrogens with zero attached hydrogens (tertiary/aromatic N) is 1. The van der Waals surface area contributed by atoms with Crippen LogP contribution >= 0.6 is 15.9 Å². The van der Waals surface area contributed by atoms with E-state index in [9.17, 15) is 4.79 Å². The fraction of sp³-hybridized carbons (Fsp3) is 0.588. The van der Waals surface area contributed by atoms with Crippen molar-refractivity contribution in [1.29, 1.82) is 0 Å². The molecule has 0 aromatic heterocycles. The van der Waals surface area contributed by atoms with Gasteiger partial charge in [0.2, 0.25) is 0 Å². The number of alkyl carbamates (subject to hydrolysis) is 1. The lowest BCUT2D eigenvalue weighted by Gasteiger charge is -2.27. The Morgan fingerprint density at radius 3 is 2.48 bits per heavy atom. The van der Waals surface area contributed by atoms with E-state index in [2.05, 4.69) is 38.3 Å². The second-order valence-electron chi connectivity index (χ2n) is 6.65. The highest BCUT2D eigenvalue weighted by molar-refractivity contribution is 9.10. The molecule has 0 spiro atoms. The van der Waals surface area contributed by atoms with Crippen molar-refractivity contribution >= 4 is 22.0 Å². The van der Waals surface area contributed by atoms with Crippen LogP contribution in [0.1, 0.15) is 32.8 Å². The van der Waals surface area contributed by atoms with Gasteiger partial charge in [-0.15, -0.1) is 0 Å². The number of hydrogen-bond acceptors (Lipinski definition) is 4. The van der Waals surface area contributed by atoms with Crippen LogP contribution in [0.4, 0.5) is 4.79 Å². The van der Waals surface area contributed by atoms with Crippen molar-refractivity contribution < 1.29 is 9.53 Å². The van der Waals surface area contributed by atoms with Crippen LogP contribution in [0.5, 0.6) is 0 Å². The zero-order valence-corrected chi connectivity index (χ0v) is 16.0. The zero-order valence-electron chi connectivity index (χ0n) is 14.4. The van der Waals surface area contributed by atoms with Crippen molar-refractivity contribution in [2.45, 2.75) is 45.4 Å². The minimum atomic E-state index is -0.476. The number of likely N-dealkylation sites (N-methyl/N-ethyl adjacent to an activating group) is 1. The van der Waals surface area contributed by atoms with Crippen molar-refractivity contribution in [3.63, 3.8) is 0 Å². The van der Waals surface area contributed by atoms with Crippen molar-refractivity contribution in [2.75, 3.05) is 20.1 Å². The van der Waals surface area contributed by atoms with E-state index in [0.29, 0.717) is 13.1 Å². The normalized spacial score (nSPS) is 13.0. The first-order chi connectivity index (χ1) is 10.7. The molecule has 0 aliphatic heterocycles. The maximum atomic E-state index is 11.6. The van der Waals surface area contributed by atoms with Crippen LogP contribution in [0.15, 0.2) is 28.7 Å². The molecular formula is C17H28BrN3O2. The standard InChI is InChI=1S/C17H28BrN3O2/c1-17(2,3)23-16(22)20-10-9-15(11-19)21(4)12-13-5-7-14(18)8-6-13/h5-8,15H,9-12,19H2,1-4H3,(H,20,22). The van der Waals surface area contributed by atoms with E-state index in [0.717, 1.165) is 17.4 Å². The highest BCUT2D eigenvalue weighted by atomic mass is 79.9. The number of benzene rings is 1. The molecule has 0 aliphatic rings. The molecule has 1 rings (SSSR count). The summed E-state index contributed by atoms with van der Waals surface area (Å²) >= 11 is 3.44. The summed E-state index contributed by atoms with van der Waals surface area (Å²) in [6.07, 6.45) is 0.395. The molecule has 1 atom stereocenters. The zero-order chi connectivity index (χ0) is 17.5. The predicted molar refractivity (Wildman–Crippen MR) is 97.3 cm³/mol. The molecule has 1 unspecified atom stereocenters. The van der Waals surface area contributed by atoms with Gasteiger partial charge in [0.15, 0.2) is 0 Å². The van der Waals surface area contributed by atoms with Gasteiger partial charge in [-0.25, -0.2) is 4.79 Å². The second-order valence-corrected chi connectivity index (χ2v) is 7.56. The Hall–Kier alpha value is -1.11. The van der Waals surface area contributed by atoms with Crippen LogP contribution in [0.3, 0.4) is 0 Å². The van der Waals surface area contributed by atoms with E-state index in [1.54, 1.807) is 0 Å². The fourth-order valence-corrected chi connectivity index (χ4v) is 2.44. The molecule has 0 fully saturated rings. The number of hydrogen-bond donors (Lipinski definition) is 2. The van der Waals surface area contributed by atoms with E-state index >= 15 is 0 Å². The minimum absolute atomic E-state index is 0.202. The Morgan fingerprint density at radius 1 is 1.35 bits per heavy atom. The molecule has 0 aliphatic carbocycles. The van der Waals surface area contributed by atoms with Crippen LogP contribution < -0.4 is 11.1 Å². The van der Waals surface area contributed by atoms with E-state index < -0.39 is 5.60 Å². The summed E-state index contributed by atoms with van der Waals surface area (Å²) in [5, 5.41) is 2.78. The highest BCUT2D eigenvalue weighted by Gasteiger charge is 2.17. The average Bonchev–Trinajstić information content (AvgIpc) is 2.44. The summed E-state index contributed by atoms with van der Waals surface area (Å²) < 4.78 is 6.29. The van der Waals surface area contributed by atoms with Gasteiger partial charge in [0.05, 0.1) is 0 Å². The lowest BCUT2D eigenvalue weighted by molar-refractivity contribution is 0.0522. The first kappa shape index (κ1) is 19.9. The number of nitrogens with two attached hydrogens (primary N) is 1. The summed E-state index contributed by atoms with van der Waals surface area (Å²) in [5.41, 5.74) is 6.63. The van der Waals surface area contributed by atoms with Crippen molar-refractivity contribution in [2.24, 2.45) is 5.73 Å². The third kappa shape index (κ3) is 8.34. The maximum absolute atomic E-state index is 11.6. The quantitative estimate of drug-likeness (QED) is 0.756. The van der Waals surface area contributed by atoms with E-state index in [1.807, 2.05) is 40.0 Å². The Kier molecular flexibility index (Phi) is 8.02. The van der Waals surface area contributed by atoms with E-state index in [4.69, 9.17) is 10.5 Å². The van der Waals surface area contributed by atoms with E-state index in [1.165, 1.54) is 5.56 Å². The third-order valence-electron chi connectivity index (χ3n) is 3.39. The molecule has 0 radical (unpaired) electrons. The number of carbonyl (C=O) groups excluding carboxylic acids is 1. The number of halogens is 1. The monoisotopic (exact) mass is 385 g/mol. The van der Waals surface area contributed by atoms with Gasteiger partial charge in [0.25, 0.3) is 0 Å². The molecule has 0 bridgehead atoms. The van der Waals surface area contributed by atoms with Crippen LogP contribution in [0, 0.1) is 0 Å². The summed E-state index contributed by atoms with van der Waals surface area (Å²) in [7, 11) is 2.05. The van der Waals surface area contributed by atoms with Crippen LogP contribution in [0.2, 0.25) is 0 Å². The minimum Gasteiger partial charge on any atom is -0.444 e. The Morgan fingerprint density at radius 2 is 1.96 bits per heavy atom. The topological polar surface area (TPSA) is 67.6 Å². The lowest BCUT2D eigenvalue weighted by atomic mass is 10.1. The highest BCUT2D eigenvalue weighted by Crippen LogP contribution is 2.13. The summed E-state index contributed by atoms with van der Waals surface area (Å²) in [5.74, 6) is 0. The largest absolute Gasteiger partial charge is 0.444 e. The molecule has 5 nitrogen and oxygen atoms in total. The number of carbonyl (C=O) groups is 1. The second kappa shape index (κ2) is 9.25. The molecule has 0 saturated heterocycles. The van der Waals surface area contributed by atoms with Crippen molar-refractivity contribution in [3.8, 4) is 0 Å². The third-order valence-corrected chi connectivity index (χ3v) is 3.92. The number of nitrogens with one attached hydrogen (secondary N) is 1. The summed E-state index contributed by atoms with van der Waals surface area (Å²) in [6, 6.07) is 8.45. The first-order valence-electron chi connectivity index (χ1n) is 7.83. The van der Waals surface area contributed by atoms with Gasteiger partial charge in [-0.1, -0.05) is 28.1 Å². The molecule has 6 heteroatoms. The lowest BCUT2D eigenvalue weighted by Crippen LogP contribution is -2.41. The molecule has 23 heavy (non-hydrogen) atoms. The Labute approximate surface area is 147 Å². The Bertz CT molecular complexity index is 486. The van der Waals surface area contributed by atoms with Gasteiger partial charge in [-0.05, 0) is 51.9 Å². The summed E-state index contributed by atoms with van der Waals surface area (Å²) in [4.78, 5) is 13.8. The molecule has 0 saturated carbocycles. The van der Waals surface area contributed by atoms with Gasteiger partial charge < -0.3 is 15.8 Å². The van der Waals surface area contributed by atoms with Crippen molar-refractivity contribution in [1.82, 2.24) is 10.2 Å². The SMILES string of the molecule is CN(Cc1ccc(Br)cc1)C(CN)CCNC(=O)OC(C)(C)C. The van der Waals surface area contributed by atoms with Gasteiger partial charge in [-0.2, -0.15) is 0 Å². The van der Waals surface area contributed by atoms with Gasteiger partial charge in [-0.3, -0.25) is 4.90 Å². The van der Waals surface area contributed by atoms with Gasteiger partial charge in [0, 0.05) is 30.1 Å². The number of rotatable bonds is 7. The molecule has 0 heterocycles. The predicted octanol–water partition coefficient (Wildman–Crippen LogP) is 3.12. The molecular weight excluding hydrogens is 358 g/mol. The van der Waals surface area contributed by atoms with Crippen LogP contribution in [-0.2, 0) is 11.3 Å².